The second-order valence-corrected chi connectivity index (χ2v) is 3.88. The fourth-order valence-electron chi connectivity index (χ4n) is 1.37. The molecule has 2 rings (SSSR count). The Morgan fingerprint density at radius 3 is 3.06 bits per heavy atom. The summed E-state index contributed by atoms with van der Waals surface area (Å²) in [6.45, 7) is 1.97. The first-order valence-electron chi connectivity index (χ1n) is 4.83. The van der Waals surface area contributed by atoms with Gasteiger partial charge in [0.25, 0.3) is 0 Å². The molecule has 0 aromatic carbocycles. The molecule has 88 valence electrons. The molecule has 6 nitrogen and oxygen atoms in total. The quantitative estimate of drug-likeness (QED) is 0.634. The number of carbonyl (C=O) groups is 2. The smallest absolute Gasteiger partial charge is 0.374 e. The number of aromatic nitrogens is 3. The zero-order valence-corrected chi connectivity index (χ0v) is 10.5. The van der Waals surface area contributed by atoms with Gasteiger partial charge in [-0.15, -0.1) is 0 Å². The second-order valence-electron chi connectivity index (χ2n) is 3.13. The lowest BCUT2D eigenvalue weighted by molar-refractivity contribution is 0.0511. The number of nitrogens with zero attached hydrogens (tertiary/aromatic N) is 3. The molecule has 2 aromatic heterocycles. The van der Waals surface area contributed by atoms with Crippen molar-refractivity contribution in [2.45, 2.75) is 6.92 Å². The largest absolute Gasteiger partial charge is 0.460 e. The Balaban J connectivity index is 2.62. The molecule has 0 N–H and O–H groups in total. The number of ether oxygens (including phenoxy) is 1. The highest BCUT2D eigenvalue weighted by atomic mass is 79.9. The fraction of sp³-hybridized carbons (Fsp3) is 0.200. The van der Waals surface area contributed by atoms with Gasteiger partial charge in [0.1, 0.15) is 10.3 Å². The molecule has 2 aromatic rings. The number of aldehydes is 1. The second kappa shape index (κ2) is 4.62. The highest BCUT2D eigenvalue weighted by molar-refractivity contribution is 9.10. The van der Waals surface area contributed by atoms with E-state index in [4.69, 9.17) is 4.74 Å². The van der Waals surface area contributed by atoms with Crippen LogP contribution in [0.5, 0.6) is 0 Å². The number of hydrogen-bond acceptors (Lipinski definition) is 5. The van der Waals surface area contributed by atoms with Crippen LogP contribution in [0.2, 0.25) is 0 Å². The molecule has 0 unspecified atom stereocenters. The van der Waals surface area contributed by atoms with Gasteiger partial charge in [-0.25, -0.2) is 14.8 Å². The van der Waals surface area contributed by atoms with Crippen LogP contribution in [0.4, 0.5) is 0 Å². The number of esters is 1. The first-order chi connectivity index (χ1) is 8.17. The molecule has 0 radical (unpaired) electrons. The molecule has 0 spiro atoms. The van der Waals surface area contributed by atoms with Crippen molar-refractivity contribution in [3.63, 3.8) is 0 Å². The van der Waals surface area contributed by atoms with Crippen molar-refractivity contribution in [1.29, 1.82) is 0 Å². The van der Waals surface area contributed by atoms with Gasteiger partial charge in [-0.2, -0.15) is 0 Å². The van der Waals surface area contributed by atoms with Crippen molar-refractivity contribution < 1.29 is 14.3 Å². The molecule has 0 bridgehead atoms. The zero-order valence-electron chi connectivity index (χ0n) is 8.88. The Morgan fingerprint density at radius 2 is 2.41 bits per heavy atom. The van der Waals surface area contributed by atoms with Crippen LogP contribution in [0.3, 0.4) is 0 Å². The topological polar surface area (TPSA) is 73.6 Å². The number of fused-ring (bicyclic) bond motifs is 1. The molecular formula is C10H8BrN3O3. The summed E-state index contributed by atoms with van der Waals surface area (Å²) in [5.41, 5.74) is 0.812. The van der Waals surface area contributed by atoms with E-state index in [1.54, 1.807) is 6.92 Å². The van der Waals surface area contributed by atoms with Crippen LogP contribution in [0.15, 0.2) is 17.0 Å². The maximum atomic E-state index is 11.6. The van der Waals surface area contributed by atoms with E-state index < -0.39 is 5.97 Å². The van der Waals surface area contributed by atoms with Gasteiger partial charge < -0.3 is 4.74 Å². The predicted molar refractivity (Wildman–Crippen MR) is 62.0 cm³/mol. The highest BCUT2D eigenvalue weighted by Gasteiger charge is 2.17. The maximum Gasteiger partial charge on any atom is 0.374 e. The highest BCUT2D eigenvalue weighted by Crippen LogP contribution is 2.18. The Labute approximate surface area is 105 Å². The van der Waals surface area contributed by atoms with E-state index in [1.807, 2.05) is 0 Å². The number of imidazole rings is 1. The van der Waals surface area contributed by atoms with Gasteiger partial charge in [0.2, 0.25) is 5.82 Å². The molecule has 2 heterocycles. The van der Waals surface area contributed by atoms with Crippen LogP contribution < -0.4 is 0 Å². The van der Waals surface area contributed by atoms with Crippen molar-refractivity contribution >= 4 is 33.7 Å². The Morgan fingerprint density at radius 1 is 1.65 bits per heavy atom. The molecule has 0 amide bonds. The summed E-state index contributed by atoms with van der Waals surface area (Å²) < 4.78 is 6.82. The average Bonchev–Trinajstić information content (AvgIpc) is 2.66. The minimum absolute atomic E-state index is 0.110. The molecule has 0 aliphatic heterocycles. The number of halogens is 1. The van der Waals surface area contributed by atoms with Crippen LogP contribution in [-0.4, -0.2) is 33.2 Å². The molecular weight excluding hydrogens is 290 g/mol. The van der Waals surface area contributed by atoms with Crippen molar-refractivity contribution in [1.82, 2.24) is 14.4 Å². The SMILES string of the molecule is CCOC(=O)c1nc(Br)c2cnc(C=O)cn12. The van der Waals surface area contributed by atoms with Gasteiger partial charge in [-0.1, -0.05) is 0 Å². The van der Waals surface area contributed by atoms with Crippen LogP contribution in [0.25, 0.3) is 5.52 Å². The lowest BCUT2D eigenvalue weighted by Crippen LogP contribution is -2.10. The van der Waals surface area contributed by atoms with Gasteiger partial charge in [-0.05, 0) is 22.9 Å². The molecule has 0 saturated carbocycles. The van der Waals surface area contributed by atoms with E-state index in [-0.39, 0.29) is 18.1 Å². The summed E-state index contributed by atoms with van der Waals surface area (Å²) >= 11 is 3.22. The van der Waals surface area contributed by atoms with Gasteiger partial charge in [0.15, 0.2) is 6.29 Å². The van der Waals surface area contributed by atoms with Crippen molar-refractivity contribution in [3.05, 3.63) is 28.5 Å². The lowest BCUT2D eigenvalue weighted by atomic mass is 10.4. The average molecular weight is 298 g/mol. The minimum Gasteiger partial charge on any atom is -0.460 e. The van der Waals surface area contributed by atoms with Crippen molar-refractivity contribution in [3.8, 4) is 0 Å². The first-order valence-corrected chi connectivity index (χ1v) is 5.62. The number of hydrogen-bond donors (Lipinski definition) is 0. The molecule has 7 heteroatoms. The van der Waals surface area contributed by atoms with E-state index in [2.05, 4.69) is 25.9 Å². The van der Waals surface area contributed by atoms with Crippen molar-refractivity contribution in [2.24, 2.45) is 0 Å². The summed E-state index contributed by atoms with van der Waals surface area (Å²) in [5, 5.41) is 0. The summed E-state index contributed by atoms with van der Waals surface area (Å²) in [6, 6.07) is 0. The van der Waals surface area contributed by atoms with Gasteiger partial charge in [-0.3, -0.25) is 9.20 Å². The van der Waals surface area contributed by atoms with Gasteiger partial charge >= 0.3 is 5.97 Å². The van der Waals surface area contributed by atoms with E-state index in [0.29, 0.717) is 16.4 Å². The molecule has 17 heavy (non-hydrogen) atoms. The summed E-state index contributed by atoms with van der Waals surface area (Å²) in [5.74, 6) is -0.435. The number of carbonyl (C=O) groups excluding carboxylic acids is 2. The van der Waals surface area contributed by atoms with Crippen LogP contribution in [0, 0.1) is 0 Å². The predicted octanol–water partition coefficient (Wildman–Crippen LogP) is 1.48. The normalized spacial score (nSPS) is 10.5. The third-order valence-corrected chi connectivity index (χ3v) is 2.66. The third kappa shape index (κ3) is 2.05. The van der Waals surface area contributed by atoms with E-state index in [0.717, 1.165) is 0 Å². The third-order valence-electron chi connectivity index (χ3n) is 2.08. The summed E-state index contributed by atoms with van der Waals surface area (Å²) in [4.78, 5) is 30.2. The van der Waals surface area contributed by atoms with Crippen molar-refractivity contribution in [2.75, 3.05) is 6.61 Å². The summed E-state index contributed by atoms with van der Waals surface area (Å²) in [6.07, 6.45) is 3.50. The van der Waals surface area contributed by atoms with E-state index >= 15 is 0 Å². The van der Waals surface area contributed by atoms with Crippen LogP contribution in [0.1, 0.15) is 28.0 Å². The van der Waals surface area contributed by atoms with Crippen LogP contribution >= 0.6 is 15.9 Å². The Bertz CT molecular complexity index is 594. The minimum atomic E-state index is -0.545. The Hall–Kier alpha value is -1.76. The zero-order chi connectivity index (χ0) is 12.4. The van der Waals surface area contributed by atoms with E-state index in [1.165, 1.54) is 16.8 Å². The first kappa shape index (κ1) is 11.7. The Kier molecular flexibility index (Phi) is 3.19. The van der Waals surface area contributed by atoms with E-state index in [9.17, 15) is 9.59 Å². The monoisotopic (exact) mass is 297 g/mol. The van der Waals surface area contributed by atoms with Crippen LogP contribution in [-0.2, 0) is 4.74 Å². The lowest BCUT2D eigenvalue weighted by Gasteiger charge is -2.00. The molecule has 0 aliphatic rings. The summed E-state index contributed by atoms with van der Waals surface area (Å²) in [7, 11) is 0. The molecule has 0 saturated heterocycles. The molecule has 0 fully saturated rings. The van der Waals surface area contributed by atoms with Gasteiger partial charge in [0, 0.05) is 6.20 Å². The maximum absolute atomic E-state index is 11.6. The number of rotatable bonds is 3. The molecule has 0 aliphatic carbocycles. The standard InChI is InChI=1S/C10H8BrN3O3/c1-2-17-10(16)9-13-8(11)7-3-12-6(5-15)4-14(7)9/h3-5H,2H2,1H3. The van der Waals surface area contributed by atoms with Gasteiger partial charge in [0.05, 0.1) is 18.3 Å². The fourth-order valence-corrected chi connectivity index (χ4v) is 1.83. The molecule has 0 atom stereocenters.